The minimum atomic E-state index is 0.496. The highest BCUT2D eigenvalue weighted by Gasteiger charge is 2.37. The minimum Gasteiger partial charge on any atom is -0.314 e. The molecule has 0 unspecified atom stereocenters. The van der Waals surface area contributed by atoms with Crippen molar-refractivity contribution in [2.24, 2.45) is 0 Å². The lowest BCUT2D eigenvalue weighted by Crippen LogP contribution is -2.57. The standard InChI is InChI=1S/C18H28N2/c1-3-7-17(8-4-1)9-12-18(10-5-2-6-11-18)20-15-13-19-14-16-20/h1,3-4,7-8,19H,2,5-6,9-16H2. The summed E-state index contributed by atoms with van der Waals surface area (Å²) in [6, 6.07) is 11.0. The molecule has 1 N–H and O–H groups in total. The molecular formula is C18H28N2. The monoisotopic (exact) mass is 272 g/mol. The molecule has 1 saturated heterocycles. The quantitative estimate of drug-likeness (QED) is 0.905. The smallest absolute Gasteiger partial charge is 0.0213 e. The number of nitrogens with one attached hydrogen (secondary N) is 1. The molecule has 110 valence electrons. The van der Waals surface area contributed by atoms with Crippen molar-refractivity contribution in [2.45, 2.75) is 50.5 Å². The van der Waals surface area contributed by atoms with E-state index >= 15 is 0 Å². The number of piperazine rings is 1. The van der Waals surface area contributed by atoms with E-state index in [1.54, 1.807) is 0 Å². The molecular weight excluding hydrogens is 244 g/mol. The third-order valence-corrected chi connectivity index (χ3v) is 5.29. The number of hydrogen-bond acceptors (Lipinski definition) is 2. The lowest BCUT2D eigenvalue weighted by Gasteiger charge is -2.48. The van der Waals surface area contributed by atoms with Crippen molar-refractivity contribution in [3.05, 3.63) is 35.9 Å². The number of benzene rings is 1. The van der Waals surface area contributed by atoms with Gasteiger partial charge in [-0.1, -0.05) is 49.6 Å². The van der Waals surface area contributed by atoms with E-state index in [0.29, 0.717) is 5.54 Å². The highest BCUT2D eigenvalue weighted by atomic mass is 15.2. The number of rotatable bonds is 4. The van der Waals surface area contributed by atoms with Gasteiger partial charge in [-0.25, -0.2) is 0 Å². The Kier molecular flexibility index (Phi) is 4.74. The molecule has 0 bridgehead atoms. The van der Waals surface area contributed by atoms with Gasteiger partial charge in [0, 0.05) is 31.7 Å². The first-order valence-corrected chi connectivity index (χ1v) is 8.39. The molecule has 1 heterocycles. The zero-order valence-electron chi connectivity index (χ0n) is 12.6. The predicted molar refractivity (Wildman–Crippen MR) is 85.0 cm³/mol. The van der Waals surface area contributed by atoms with E-state index in [1.807, 2.05) is 0 Å². The van der Waals surface area contributed by atoms with Crippen molar-refractivity contribution < 1.29 is 0 Å². The van der Waals surface area contributed by atoms with Crippen LogP contribution in [-0.2, 0) is 6.42 Å². The third kappa shape index (κ3) is 3.24. The first kappa shape index (κ1) is 14.1. The van der Waals surface area contributed by atoms with Crippen LogP contribution in [0.5, 0.6) is 0 Å². The molecule has 0 amide bonds. The summed E-state index contributed by atoms with van der Waals surface area (Å²) in [5.41, 5.74) is 2.00. The fraction of sp³-hybridized carbons (Fsp3) is 0.667. The molecule has 1 aliphatic carbocycles. The summed E-state index contributed by atoms with van der Waals surface area (Å²) >= 11 is 0. The van der Waals surface area contributed by atoms with E-state index in [1.165, 1.54) is 76.7 Å². The maximum atomic E-state index is 3.50. The molecule has 0 spiro atoms. The van der Waals surface area contributed by atoms with Gasteiger partial charge >= 0.3 is 0 Å². The van der Waals surface area contributed by atoms with Gasteiger partial charge in [0.25, 0.3) is 0 Å². The lowest BCUT2D eigenvalue weighted by molar-refractivity contribution is 0.0322. The van der Waals surface area contributed by atoms with Crippen LogP contribution in [0.2, 0.25) is 0 Å². The Morgan fingerprint density at radius 1 is 0.950 bits per heavy atom. The normalized spacial score (nSPS) is 23.6. The van der Waals surface area contributed by atoms with Crippen molar-refractivity contribution in [3.63, 3.8) is 0 Å². The van der Waals surface area contributed by atoms with Crippen molar-refractivity contribution in [1.29, 1.82) is 0 Å². The van der Waals surface area contributed by atoms with Crippen molar-refractivity contribution in [2.75, 3.05) is 26.2 Å². The van der Waals surface area contributed by atoms with Crippen molar-refractivity contribution in [1.82, 2.24) is 10.2 Å². The maximum absolute atomic E-state index is 3.50. The molecule has 0 atom stereocenters. The molecule has 20 heavy (non-hydrogen) atoms. The molecule has 2 nitrogen and oxygen atoms in total. The predicted octanol–water partition coefficient (Wildman–Crippen LogP) is 3.23. The van der Waals surface area contributed by atoms with Gasteiger partial charge in [-0.2, -0.15) is 0 Å². The van der Waals surface area contributed by atoms with Crippen molar-refractivity contribution >= 4 is 0 Å². The summed E-state index contributed by atoms with van der Waals surface area (Å²) in [6.07, 6.45) is 9.72. The maximum Gasteiger partial charge on any atom is 0.0213 e. The second kappa shape index (κ2) is 6.73. The van der Waals surface area contributed by atoms with Crippen LogP contribution in [0.25, 0.3) is 0 Å². The number of hydrogen-bond donors (Lipinski definition) is 1. The van der Waals surface area contributed by atoms with Crippen LogP contribution in [-0.4, -0.2) is 36.6 Å². The number of aryl methyl sites for hydroxylation is 1. The molecule has 2 aliphatic rings. The average Bonchev–Trinajstić information content (AvgIpc) is 2.56. The molecule has 0 aromatic heterocycles. The highest BCUT2D eigenvalue weighted by Crippen LogP contribution is 2.37. The van der Waals surface area contributed by atoms with Gasteiger partial charge in [0.05, 0.1) is 0 Å². The first-order valence-electron chi connectivity index (χ1n) is 8.39. The molecule has 0 radical (unpaired) electrons. The summed E-state index contributed by atoms with van der Waals surface area (Å²) in [4.78, 5) is 2.81. The average molecular weight is 272 g/mol. The topological polar surface area (TPSA) is 15.3 Å². The molecule has 3 rings (SSSR count). The van der Waals surface area contributed by atoms with Crippen LogP contribution in [0.1, 0.15) is 44.1 Å². The zero-order valence-corrected chi connectivity index (χ0v) is 12.6. The first-order chi connectivity index (χ1) is 9.89. The van der Waals surface area contributed by atoms with Gasteiger partial charge in [0.1, 0.15) is 0 Å². The van der Waals surface area contributed by atoms with Gasteiger partial charge in [-0.3, -0.25) is 4.90 Å². The molecule has 1 saturated carbocycles. The van der Waals surface area contributed by atoms with E-state index in [4.69, 9.17) is 0 Å². The van der Waals surface area contributed by atoms with Crippen LogP contribution in [0.3, 0.4) is 0 Å². The van der Waals surface area contributed by atoms with Crippen molar-refractivity contribution in [3.8, 4) is 0 Å². The van der Waals surface area contributed by atoms with Gasteiger partial charge < -0.3 is 5.32 Å². The Bertz CT molecular complexity index is 389. The minimum absolute atomic E-state index is 0.496. The second-order valence-corrected chi connectivity index (χ2v) is 6.51. The summed E-state index contributed by atoms with van der Waals surface area (Å²) in [7, 11) is 0. The second-order valence-electron chi connectivity index (χ2n) is 6.51. The molecule has 2 heteroatoms. The molecule has 1 aromatic carbocycles. The summed E-state index contributed by atoms with van der Waals surface area (Å²) in [6.45, 7) is 4.84. The van der Waals surface area contributed by atoms with E-state index in [0.717, 1.165) is 0 Å². The van der Waals surface area contributed by atoms with Gasteiger partial charge in [-0.15, -0.1) is 0 Å². The Morgan fingerprint density at radius 3 is 2.35 bits per heavy atom. The van der Waals surface area contributed by atoms with Gasteiger partial charge in [-0.05, 0) is 31.2 Å². The zero-order chi connectivity index (χ0) is 13.7. The Labute approximate surface area is 123 Å². The molecule has 1 aromatic rings. The summed E-state index contributed by atoms with van der Waals surface area (Å²) < 4.78 is 0. The van der Waals surface area contributed by atoms with Crippen LogP contribution in [0, 0.1) is 0 Å². The summed E-state index contributed by atoms with van der Waals surface area (Å²) in [5.74, 6) is 0. The summed E-state index contributed by atoms with van der Waals surface area (Å²) in [5, 5.41) is 3.50. The fourth-order valence-electron chi connectivity index (χ4n) is 4.10. The Balaban J connectivity index is 1.68. The van der Waals surface area contributed by atoms with E-state index in [9.17, 15) is 0 Å². The lowest BCUT2D eigenvalue weighted by atomic mass is 9.76. The van der Waals surface area contributed by atoms with E-state index in [2.05, 4.69) is 40.5 Å². The molecule has 2 fully saturated rings. The SMILES string of the molecule is c1ccc(CCC2(N3CCNCC3)CCCCC2)cc1. The largest absolute Gasteiger partial charge is 0.314 e. The van der Waals surface area contributed by atoms with Crippen LogP contribution in [0.4, 0.5) is 0 Å². The van der Waals surface area contributed by atoms with Gasteiger partial charge in [0.2, 0.25) is 0 Å². The van der Waals surface area contributed by atoms with E-state index < -0.39 is 0 Å². The van der Waals surface area contributed by atoms with Crippen LogP contribution in [0.15, 0.2) is 30.3 Å². The Hall–Kier alpha value is -0.860. The van der Waals surface area contributed by atoms with E-state index in [-0.39, 0.29) is 0 Å². The Morgan fingerprint density at radius 2 is 1.65 bits per heavy atom. The fourth-order valence-corrected chi connectivity index (χ4v) is 4.10. The number of nitrogens with zero attached hydrogens (tertiary/aromatic N) is 1. The van der Waals surface area contributed by atoms with Crippen LogP contribution < -0.4 is 5.32 Å². The van der Waals surface area contributed by atoms with Crippen LogP contribution >= 0.6 is 0 Å². The van der Waals surface area contributed by atoms with Gasteiger partial charge in [0.15, 0.2) is 0 Å². The highest BCUT2D eigenvalue weighted by molar-refractivity contribution is 5.15. The molecule has 1 aliphatic heterocycles. The third-order valence-electron chi connectivity index (χ3n) is 5.29.